The second-order valence-electron chi connectivity index (χ2n) is 7.10. The van der Waals surface area contributed by atoms with E-state index in [4.69, 9.17) is 4.74 Å². The van der Waals surface area contributed by atoms with E-state index >= 15 is 0 Å². The van der Waals surface area contributed by atoms with E-state index in [0.717, 1.165) is 47.4 Å². The lowest BCUT2D eigenvalue weighted by Crippen LogP contribution is -2.27. The third kappa shape index (κ3) is 5.32. The van der Waals surface area contributed by atoms with E-state index in [1.165, 1.54) is 0 Å². The minimum Gasteiger partial charge on any atom is -0.483 e. The summed E-state index contributed by atoms with van der Waals surface area (Å²) in [5.74, 6) is 1.30. The Balaban J connectivity index is 1.95. The van der Waals surface area contributed by atoms with E-state index in [1.807, 2.05) is 32.0 Å². The number of rotatable bonds is 7. The number of nitrogens with zero attached hydrogens (tertiary/aromatic N) is 1. The molecule has 1 N–H and O–H groups in total. The van der Waals surface area contributed by atoms with Gasteiger partial charge in [-0.1, -0.05) is 50.3 Å². The first-order valence-corrected chi connectivity index (χ1v) is 9.32. The zero-order chi connectivity index (χ0) is 19.1. The minimum atomic E-state index is -0.248. The second-order valence-corrected chi connectivity index (χ2v) is 7.10. The van der Waals surface area contributed by atoms with Crippen LogP contribution in [0.5, 0.6) is 5.75 Å². The maximum Gasteiger partial charge on any atom is 0.277 e. The third-order valence-electron chi connectivity index (χ3n) is 5.04. The van der Waals surface area contributed by atoms with Gasteiger partial charge < -0.3 is 4.74 Å². The molecule has 4 nitrogen and oxygen atoms in total. The molecule has 0 aliphatic heterocycles. The minimum absolute atomic E-state index is 0.0447. The molecule has 1 aromatic carbocycles. The molecular formula is C22H30N2O2. The van der Waals surface area contributed by atoms with E-state index in [-0.39, 0.29) is 12.5 Å². The number of hydrogen-bond acceptors (Lipinski definition) is 3. The maximum atomic E-state index is 12.2. The van der Waals surface area contributed by atoms with Gasteiger partial charge in [-0.3, -0.25) is 4.79 Å². The van der Waals surface area contributed by atoms with Crippen LogP contribution in [0.25, 0.3) is 0 Å². The third-order valence-corrected chi connectivity index (χ3v) is 5.04. The molecule has 1 aliphatic carbocycles. The zero-order valence-corrected chi connectivity index (χ0v) is 16.3. The van der Waals surface area contributed by atoms with Crippen LogP contribution in [0.2, 0.25) is 0 Å². The van der Waals surface area contributed by atoms with Crippen molar-refractivity contribution in [2.24, 2.45) is 11.0 Å². The van der Waals surface area contributed by atoms with Crippen molar-refractivity contribution in [1.29, 1.82) is 0 Å². The van der Waals surface area contributed by atoms with Crippen molar-refractivity contribution in [3.63, 3.8) is 0 Å². The molecule has 0 heterocycles. The molecule has 0 aromatic heterocycles. The second kappa shape index (κ2) is 9.37. The van der Waals surface area contributed by atoms with Crippen molar-refractivity contribution in [3.05, 3.63) is 53.6 Å². The standard InChI is InChI=1S/C22H30N2O2/c1-6-16(4)19-9-7-8-10-21(19)26-14-22(25)24-23-20-13-18(15(2)3)12-11-17(20)5/h7-11,16,18H,2,6,12-14H2,1,3-5H3,(H,24,25)/b23-20-. The summed E-state index contributed by atoms with van der Waals surface area (Å²) in [7, 11) is 0. The van der Waals surface area contributed by atoms with Gasteiger partial charge in [0.1, 0.15) is 5.75 Å². The molecule has 1 amide bonds. The van der Waals surface area contributed by atoms with Crippen LogP contribution >= 0.6 is 0 Å². The molecule has 0 radical (unpaired) electrons. The van der Waals surface area contributed by atoms with Gasteiger partial charge in [-0.25, -0.2) is 5.43 Å². The number of nitrogens with one attached hydrogen (secondary N) is 1. The van der Waals surface area contributed by atoms with Gasteiger partial charge in [0.05, 0.1) is 5.71 Å². The maximum absolute atomic E-state index is 12.2. The van der Waals surface area contributed by atoms with Gasteiger partial charge in [0.15, 0.2) is 6.61 Å². The highest BCUT2D eigenvalue weighted by atomic mass is 16.5. The predicted molar refractivity (Wildman–Crippen MR) is 108 cm³/mol. The first-order valence-electron chi connectivity index (χ1n) is 9.32. The van der Waals surface area contributed by atoms with Gasteiger partial charge >= 0.3 is 0 Å². The Morgan fingerprint density at radius 2 is 2.15 bits per heavy atom. The SMILES string of the molecule is C=C(C)C1CC=C(C)/C(=N\NC(=O)COc2ccccc2C(C)CC)C1. The fourth-order valence-electron chi connectivity index (χ4n) is 2.97. The van der Waals surface area contributed by atoms with Crippen molar-refractivity contribution in [3.8, 4) is 5.75 Å². The molecule has 26 heavy (non-hydrogen) atoms. The number of allylic oxidation sites excluding steroid dienone is 3. The van der Waals surface area contributed by atoms with Gasteiger partial charge in [-0.15, -0.1) is 0 Å². The average molecular weight is 354 g/mol. The Morgan fingerprint density at radius 1 is 1.42 bits per heavy atom. The van der Waals surface area contributed by atoms with Crippen molar-refractivity contribution in [2.45, 2.75) is 52.9 Å². The number of hydrogen-bond donors (Lipinski definition) is 1. The lowest BCUT2D eigenvalue weighted by atomic mass is 9.85. The molecule has 2 unspecified atom stereocenters. The summed E-state index contributed by atoms with van der Waals surface area (Å²) in [6.07, 6.45) is 4.99. The van der Waals surface area contributed by atoms with Crippen molar-refractivity contribution in [2.75, 3.05) is 6.61 Å². The summed E-state index contributed by atoms with van der Waals surface area (Å²) >= 11 is 0. The molecule has 0 bridgehead atoms. The van der Waals surface area contributed by atoms with Crippen LogP contribution in [-0.2, 0) is 4.79 Å². The smallest absolute Gasteiger partial charge is 0.277 e. The van der Waals surface area contributed by atoms with E-state index in [2.05, 4.69) is 43.1 Å². The van der Waals surface area contributed by atoms with Crippen molar-refractivity contribution in [1.82, 2.24) is 5.43 Å². The van der Waals surface area contributed by atoms with Crippen molar-refractivity contribution < 1.29 is 9.53 Å². The van der Waals surface area contributed by atoms with Crippen LogP contribution in [0.3, 0.4) is 0 Å². The van der Waals surface area contributed by atoms with Gasteiger partial charge in [-0.2, -0.15) is 5.10 Å². The van der Waals surface area contributed by atoms with Gasteiger partial charge in [0.25, 0.3) is 5.91 Å². The molecular weight excluding hydrogens is 324 g/mol. The number of amides is 1. The molecule has 0 saturated carbocycles. The number of hydrazone groups is 1. The Hall–Kier alpha value is -2.36. The fourth-order valence-corrected chi connectivity index (χ4v) is 2.97. The number of para-hydroxylation sites is 1. The molecule has 0 spiro atoms. The molecule has 2 rings (SSSR count). The van der Waals surface area contributed by atoms with E-state index in [0.29, 0.717) is 11.8 Å². The van der Waals surface area contributed by atoms with E-state index < -0.39 is 0 Å². The summed E-state index contributed by atoms with van der Waals surface area (Å²) in [6, 6.07) is 7.88. The number of carbonyl (C=O) groups excluding carboxylic acids is 1. The Bertz CT molecular complexity index is 719. The fraction of sp³-hybridized carbons (Fsp3) is 0.455. The highest BCUT2D eigenvalue weighted by molar-refractivity contribution is 6.01. The normalized spacial score (nSPS) is 19.6. The molecule has 2 atom stereocenters. The van der Waals surface area contributed by atoms with Crippen molar-refractivity contribution >= 4 is 11.6 Å². The van der Waals surface area contributed by atoms with Crippen LogP contribution < -0.4 is 10.2 Å². The molecule has 1 aromatic rings. The number of carbonyl (C=O) groups is 1. The first-order chi connectivity index (χ1) is 12.4. The lowest BCUT2D eigenvalue weighted by molar-refractivity contribution is -0.123. The largest absolute Gasteiger partial charge is 0.483 e. The predicted octanol–water partition coefficient (Wildman–Crippen LogP) is 4.98. The highest BCUT2D eigenvalue weighted by Gasteiger charge is 2.19. The average Bonchev–Trinajstić information content (AvgIpc) is 2.65. The quantitative estimate of drug-likeness (QED) is 0.554. The summed E-state index contributed by atoms with van der Waals surface area (Å²) in [6.45, 7) is 12.4. The van der Waals surface area contributed by atoms with Gasteiger partial charge in [0.2, 0.25) is 0 Å². The lowest BCUT2D eigenvalue weighted by Gasteiger charge is -2.22. The molecule has 140 valence electrons. The Morgan fingerprint density at radius 3 is 2.85 bits per heavy atom. The van der Waals surface area contributed by atoms with E-state index in [1.54, 1.807) is 0 Å². The summed E-state index contributed by atoms with van der Waals surface area (Å²) in [5, 5.41) is 4.31. The van der Waals surface area contributed by atoms with Crippen LogP contribution in [0.4, 0.5) is 0 Å². The summed E-state index contributed by atoms with van der Waals surface area (Å²) < 4.78 is 5.74. The molecule has 0 saturated heterocycles. The molecule has 4 heteroatoms. The van der Waals surface area contributed by atoms with Crippen LogP contribution in [0.1, 0.15) is 58.4 Å². The number of benzene rings is 1. The molecule has 0 fully saturated rings. The summed E-state index contributed by atoms with van der Waals surface area (Å²) in [4.78, 5) is 12.2. The van der Waals surface area contributed by atoms with Crippen LogP contribution in [-0.4, -0.2) is 18.2 Å². The Kier molecular flexibility index (Phi) is 7.19. The topological polar surface area (TPSA) is 50.7 Å². The Labute approximate surface area is 157 Å². The van der Waals surface area contributed by atoms with E-state index in [9.17, 15) is 4.79 Å². The zero-order valence-electron chi connectivity index (χ0n) is 16.3. The first kappa shape index (κ1) is 20.0. The van der Waals surface area contributed by atoms with Gasteiger partial charge in [-0.05, 0) is 62.1 Å². The van der Waals surface area contributed by atoms with Crippen LogP contribution in [0.15, 0.2) is 53.2 Å². The van der Waals surface area contributed by atoms with Crippen LogP contribution in [0, 0.1) is 5.92 Å². The highest BCUT2D eigenvalue weighted by Crippen LogP contribution is 2.28. The monoisotopic (exact) mass is 354 g/mol. The molecule has 1 aliphatic rings. The van der Waals surface area contributed by atoms with Gasteiger partial charge in [0, 0.05) is 0 Å². The summed E-state index contributed by atoms with van der Waals surface area (Å²) in [5.41, 5.74) is 6.94. The number of ether oxygens (including phenoxy) is 1.